The lowest BCUT2D eigenvalue weighted by molar-refractivity contribution is -0.0353. The number of pyridine rings is 1. The summed E-state index contributed by atoms with van der Waals surface area (Å²) in [4.78, 5) is 31.5. The lowest BCUT2D eigenvalue weighted by Crippen LogP contribution is -2.65. The molecule has 280 valence electrons. The zero-order valence-electron chi connectivity index (χ0n) is 31.3. The van der Waals surface area contributed by atoms with Gasteiger partial charge in [-0.3, -0.25) is 19.6 Å². The van der Waals surface area contributed by atoms with Gasteiger partial charge in [-0.25, -0.2) is 9.37 Å². The van der Waals surface area contributed by atoms with Crippen molar-refractivity contribution in [3.63, 3.8) is 0 Å². The number of benzene rings is 1. The Morgan fingerprint density at radius 2 is 1.94 bits per heavy atom. The van der Waals surface area contributed by atoms with Crippen molar-refractivity contribution in [1.29, 1.82) is 0 Å². The molecular formula is C39H53FN8O4. The van der Waals surface area contributed by atoms with Crippen LogP contribution in [0.2, 0.25) is 0 Å². The zero-order chi connectivity index (χ0) is 36.4. The first-order valence-corrected chi connectivity index (χ1v) is 19.2. The van der Waals surface area contributed by atoms with Crippen LogP contribution >= 0.6 is 0 Å². The van der Waals surface area contributed by atoms with E-state index in [2.05, 4.69) is 29.9 Å². The van der Waals surface area contributed by atoms with Crippen molar-refractivity contribution in [3.8, 4) is 17.4 Å². The standard InChI is InChI=1S/C37H47FN8O4.C2H6/c1-4-46(24(2)3)36(47)28-14-26(38)6-7-32(28)50-35-34(40-23-41-42-35)45-21-37(22-45)15-27(16-37)49-33-8-10-39-30-9-13-43(18-29(30)33)11-5-12-44-17-25-19-48-20-31(25)44;1-2/h6-8,10,14,23-25,27,31H,4-5,9,11-13,15-22H2,1-3H3;1-2H3. The Hall–Kier alpha value is -3.94. The molecule has 0 bridgehead atoms. The number of halogens is 1. The first-order chi connectivity index (χ1) is 25.3. The van der Waals surface area contributed by atoms with E-state index >= 15 is 0 Å². The zero-order valence-corrected chi connectivity index (χ0v) is 31.3. The Morgan fingerprint density at radius 1 is 1.12 bits per heavy atom. The molecule has 52 heavy (non-hydrogen) atoms. The number of rotatable bonds is 12. The number of nitrogens with zero attached hydrogens (tertiary/aromatic N) is 8. The molecule has 3 saturated heterocycles. The molecule has 2 aromatic heterocycles. The van der Waals surface area contributed by atoms with Crippen molar-refractivity contribution in [2.75, 3.05) is 63.9 Å². The Morgan fingerprint density at radius 3 is 2.71 bits per heavy atom. The summed E-state index contributed by atoms with van der Waals surface area (Å²) in [6, 6.07) is 6.59. The molecule has 0 radical (unpaired) electrons. The summed E-state index contributed by atoms with van der Waals surface area (Å²) in [6.07, 6.45) is 7.48. The smallest absolute Gasteiger partial charge is 0.282 e. The summed E-state index contributed by atoms with van der Waals surface area (Å²) in [6.45, 7) is 19.0. The largest absolute Gasteiger partial charge is 0.490 e. The highest BCUT2D eigenvalue weighted by Gasteiger charge is 2.54. The Bertz CT molecular complexity index is 1710. The van der Waals surface area contributed by atoms with Crippen LogP contribution in [-0.2, 0) is 17.7 Å². The van der Waals surface area contributed by atoms with Gasteiger partial charge in [-0.15, -0.1) is 10.2 Å². The summed E-state index contributed by atoms with van der Waals surface area (Å²) in [5.74, 6) is 1.89. The van der Waals surface area contributed by atoms with E-state index in [-0.39, 0.29) is 40.7 Å². The molecule has 12 nitrogen and oxygen atoms in total. The van der Waals surface area contributed by atoms with Gasteiger partial charge in [0.2, 0.25) is 0 Å². The van der Waals surface area contributed by atoms with Crippen molar-refractivity contribution in [1.82, 2.24) is 34.9 Å². The molecule has 8 rings (SSSR count). The van der Waals surface area contributed by atoms with Crippen molar-refractivity contribution in [3.05, 3.63) is 59.4 Å². The average Bonchev–Trinajstić information content (AvgIpc) is 3.49. The summed E-state index contributed by atoms with van der Waals surface area (Å²) < 4.78 is 32.8. The van der Waals surface area contributed by atoms with Gasteiger partial charge in [-0.05, 0) is 77.4 Å². The predicted molar refractivity (Wildman–Crippen MR) is 195 cm³/mol. The lowest BCUT2D eigenvalue weighted by atomic mass is 9.61. The van der Waals surface area contributed by atoms with Crippen LogP contribution in [0, 0.1) is 17.2 Å². The number of anilines is 1. The van der Waals surface area contributed by atoms with E-state index in [1.807, 2.05) is 46.9 Å². The maximum absolute atomic E-state index is 14.3. The number of amides is 1. The van der Waals surface area contributed by atoms with Crippen molar-refractivity contribution >= 4 is 11.7 Å². The van der Waals surface area contributed by atoms with E-state index in [0.29, 0.717) is 18.4 Å². The average molecular weight is 717 g/mol. The molecule has 4 fully saturated rings. The van der Waals surface area contributed by atoms with Gasteiger partial charge in [-0.1, -0.05) is 13.8 Å². The molecule has 1 saturated carbocycles. The number of carbonyl (C=O) groups is 1. The van der Waals surface area contributed by atoms with E-state index in [0.717, 1.165) is 89.1 Å². The third-order valence-corrected chi connectivity index (χ3v) is 11.3. The molecule has 2 atom stereocenters. The third-order valence-electron chi connectivity index (χ3n) is 11.3. The van der Waals surface area contributed by atoms with Crippen molar-refractivity contribution in [2.45, 2.75) is 85.0 Å². The Labute approximate surface area is 306 Å². The van der Waals surface area contributed by atoms with E-state index in [9.17, 15) is 9.18 Å². The summed E-state index contributed by atoms with van der Waals surface area (Å²) in [5, 5.41) is 8.17. The van der Waals surface area contributed by atoms with Gasteiger partial charge in [-0.2, -0.15) is 0 Å². The minimum absolute atomic E-state index is 0.0512. The van der Waals surface area contributed by atoms with Crippen LogP contribution in [0.1, 0.15) is 75.5 Å². The van der Waals surface area contributed by atoms with Gasteiger partial charge in [0, 0.05) is 86.6 Å². The number of aromatic nitrogens is 4. The van der Waals surface area contributed by atoms with Crippen molar-refractivity contribution in [2.24, 2.45) is 11.3 Å². The monoisotopic (exact) mass is 716 g/mol. The molecule has 1 spiro atoms. The molecule has 3 aromatic rings. The first kappa shape index (κ1) is 36.4. The summed E-state index contributed by atoms with van der Waals surface area (Å²) in [5.41, 5.74) is 2.69. The van der Waals surface area contributed by atoms with Gasteiger partial charge < -0.3 is 24.0 Å². The van der Waals surface area contributed by atoms with Crippen LogP contribution in [0.25, 0.3) is 0 Å². The van der Waals surface area contributed by atoms with Crippen LogP contribution in [0.15, 0.2) is 36.8 Å². The normalized spacial score (nSPS) is 22.0. The molecule has 4 aliphatic heterocycles. The molecule has 1 aliphatic carbocycles. The Balaban J connectivity index is 0.00000207. The molecule has 13 heteroatoms. The van der Waals surface area contributed by atoms with Crippen LogP contribution < -0.4 is 14.4 Å². The van der Waals surface area contributed by atoms with Gasteiger partial charge in [0.1, 0.15) is 29.7 Å². The highest BCUT2D eigenvalue weighted by molar-refractivity contribution is 5.97. The van der Waals surface area contributed by atoms with Crippen LogP contribution in [0.5, 0.6) is 17.4 Å². The molecule has 2 unspecified atom stereocenters. The van der Waals surface area contributed by atoms with Gasteiger partial charge in [0.05, 0.1) is 18.8 Å². The lowest BCUT2D eigenvalue weighted by Gasteiger charge is -2.58. The van der Waals surface area contributed by atoms with E-state index in [4.69, 9.17) is 19.2 Å². The number of hydrogen-bond donors (Lipinski definition) is 0. The number of ether oxygens (including phenoxy) is 3. The van der Waals surface area contributed by atoms with Crippen LogP contribution in [0.3, 0.4) is 0 Å². The van der Waals surface area contributed by atoms with Gasteiger partial charge in [0.15, 0.2) is 5.82 Å². The maximum atomic E-state index is 14.3. The van der Waals surface area contributed by atoms with Gasteiger partial charge >= 0.3 is 0 Å². The van der Waals surface area contributed by atoms with Gasteiger partial charge in [0.25, 0.3) is 11.8 Å². The minimum Gasteiger partial charge on any atom is -0.490 e. The third kappa shape index (κ3) is 7.32. The van der Waals surface area contributed by atoms with E-state index in [1.165, 1.54) is 43.1 Å². The minimum atomic E-state index is -0.510. The fourth-order valence-corrected chi connectivity index (χ4v) is 8.63. The highest BCUT2D eigenvalue weighted by Crippen LogP contribution is 2.52. The van der Waals surface area contributed by atoms with Crippen molar-refractivity contribution < 1.29 is 23.4 Å². The maximum Gasteiger partial charge on any atom is 0.282 e. The molecule has 1 amide bonds. The number of carbonyl (C=O) groups excluding carboxylic acids is 1. The quantitative estimate of drug-likeness (QED) is 0.246. The van der Waals surface area contributed by atoms with E-state index in [1.54, 1.807) is 4.90 Å². The fourth-order valence-electron chi connectivity index (χ4n) is 8.63. The molecule has 6 heterocycles. The number of fused-ring (bicyclic) bond motifs is 2. The topological polar surface area (TPSA) is 109 Å². The number of likely N-dealkylation sites (tertiary alicyclic amines) is 1. The second-order valence-electron chi connectivity index (χ2n) is 15.0. The summed E-state index contributed by atoms with van der Waals surface area (Å²) >= 11 is 0. The SMILES string of the molecule is CC.CCN(C(=O)c1cc(F)ccc1Oc1nncnc1N1CC2(CC(Oc3ccnc4c3CN(CCCN3CC5COCC53)CC4)C2)C1)C(C)C. The van der Waals surface area contributed by atoms with Crippen LogP contribution in [0.4, 0.5) is 10.2 Å². The number of hydrogen-bond acceptors (Lipinski definition) is 11. The second kappa shape index (κ2) is 15.6. The molecule has 0 N–H and O–H groups in total. The molecular weight excluding hydrogens is 663 g/mol. The van der Waals surface area contributed by atoms with Crippen LogP contribution in [-0.4, -0.2) is 118 Å². The molecule has 5 aliphatic rings. The second-order valence-corrected chi connectivity index (χ2v) is 15.0. The predicted octanol–water partition coefficient (Wildman–Crippen LogP) is 5.22. The molecule has 1 aromatic carbocycles. The van der Waals surface area contributed by atoms with E-state index < -0.39 is 5.82 Å². The summed E-state index contributed by atoms with van der Waals surface area (Å²) in [7, 11) is 0. The first-order valence-electron chi connectivity index (χ1n) is 19.2. The highest BCUT2D eigenvalue weighted by atomic mass is 19.1. The Kier molecular flexibility index (Phi) is 10.9. The fraction of sp³-hybridized carbons (Fsp3) is 0.615.